The number of hydrazine groups is 1. The summed E-state index contributed by atoms with van der Waals surface area (Å²) in [7, 11) is 0. The van der Waals surface area contributed by atoms with E-state index in [0.29, 0.717) is 0 Å². The summed E-state index contributed by atoms with van der Waals surface area (Å²) >= 11 is 0. The lowest BCUT2D eigenvalue weighted by atomic mass is 9.90. The van der Waals surface area contributed by atoms with Crippen LogP contribution >= 0.6 is 0 Å². The van der Waals surface area contributed by atoms with E-state index in [1.807, 2.05) is 5.43 Å². The van der Waals surface area contributed by atoms with Crippen molar-refractivity contribution in [1.29, 1.82) is 0 Å². The standard InChI is InChI=1S/C7H16N2O3/c1-4(6(11)9-8)5(10)7(2,3)12/h4-5,10,12H,8H2,1-3H3,(H,9,11)/t4-,5+/m0/s1. The fourth-order valence-corrected chi connectivity index (χ4v) is 0.887. The van der Waals surface area contributed by atoms with E-state index in [4.69, 9.17) is 5.84 Å². The molecule has 0 aromatic rings. The molecule has 5 N–H and O–H groups in total. The van der Waals surface area contributed by atoms with Crippen LogP contribution in [0, 0.1) is 5.92 Å². The van der Waals surface area contributed by atoms with Crippen LogP contribution in [0.25, 0.3) is 0 Å². The monoisotopic (exact) mass is 176 g/mol. The molecule has 0 heterocycles. The van der Waals surface area contributed by atoms with Crippen molar-refractivity contribution >= 4 is 5.91 Å². The summed E-state index contributed by atoms with van der Waals surface area (Å²) in [6.45, 7) is 4.35. The minimum Gasteiger partial charge on any atom is -0.389 e. The van der Waals surface area contributed by atoms with Gasteiger partial charge >= 0.3 is 0 Å². The van der Waals surface area contributed by atoms with Crippen molar-refractivity contribution in [2.45, 2.75) is 32.5 Å². The first-order chi connectivity index (χ1) is 5.30. The molecule has 0 aliphatic carbocycles. The largest absolute Gasteiger partial charge is 0.389 e. The van der Waals surface area contributed by atoms with E-state index < -0.39 is 23.5 Å². The Morgan fingerprint density at radius 2 is 2.00 bits per heavy atom. The molecule has 0 saturated carbocycles. The van der Waals surface area contributed by atoms with Gasteiger partial charge in [-0.05, 0) is 13.8 Å². The lowest BCUT2D eigenvalue weighted by Crippen LogP contribution is -2.48. The lowest BCUT2D eigenvalue weighted by Gasteiger charge is -2.28. The molecular formula is C7H16N2O3. The minimum atomic E-state index is -1.30. The molecular weight excluding hydrogens is 160 g/mol. The first kappa shape index (κ1) is 11.4. The van der Waals surface area contributed by atoms with E-state index in [-0.39, 0.29) is 0 Å². The molecule has 0 rings (SSSR count). The number of aliphatic hydroxyl groups excluding tert-OH is 1. The number of hydrogen-bond acceptors (Lipinski definition) is 4. The van der Waals surface area contributed by atoms with Crippen LogP contribution in [0.4, 0.5) is 0 Å². The fourth-order valence-electron chi connectivity index (χ4n) is 0.887. The summed E-state index contributed by atoms with van der Waals surface area (Å²) < 4.78 is 0. The van der Waals surface area contributed by atoms with Gasteiger partial charge in [0.2, 0.25) is 5.91 Å². The van der Waals surface area contributed by atoms with Gasteiger partial charge in [-0.2, -0.15) is 0 Å². The quantitative estimate of drug-likeness (QED) is 0.245. The molecule has 0 aromatic carbocycles. The van der Waals surface area contributed by atoms with E-state index in [0.717, 1.165) is 0 Å². The van der Waals surface area contributed by atoms with E-state index in [1.165, 1.54) is 20.8 Å². The summed E-state index contributed by atoms with van der Waals surface area (Å²) in [5.41, 5.74) is 0.608. The molecule has 0 spiro atoms. The van der Waals surface area contributed by atoms with Crippen molar-refractivity contribution in [2.75, 3.05) is 0 Å². The first-order valence-electron chi connectivity index (χ1n) is 3.71. The van der Waals surface area contributed by atoms with Crippen LogP contribution in [0.15, 0.2) is 0 Å². The highest BCUT2D eigenvalue weighted by Gasteiger charge is 2.33. The molecule has 1 amide bonds. The Bertz CT molecular complexity index is 165. The van der Waals surface area contributed by atoms with Gasteiger partial charge in [0.15, 0.2) is 0 Å². The van der Waals surface area contributed by atoms with Crippen molar-refractivity contribution in [3.05, 3.63) is 0 Å². The van der Waals surface area contributed by atoms with Crippen LogP contribution in [0.3, 0.4) is 0 Å². The Morgan fingerprint density at radius 3 is 2.25 bits per heavy atom. The topological polar surface area (TPSA) is 95.6 Å². The second kappa shape index (κ2) is 3.84. The Balaban J connectivity index is 4.29. The first-order valence-corrected chi connectivity index (χ1v) is 3.71. The van der Waals surface area contributed by atoms with Gasteiger partial charge in [-0.25, -0.2) is 5.84 Å². The summed E-state index contributed by atoms with van der Waals surface area (Å²) in [6, 6.07) is 0. The Hall–Kier alpha value is -0.650. The fraction of sp³-hybridized carbons (Fsp3) is 0.857. The molecule has 0 aromatic heterocycles. The van der Waals surface area contributed by atoms with Crippen LogP contribution in [-0.2, 0) is 4.79 Å². The van der Waals surface area contributed by atoms with Gasteiger partial charge in [-0.3, -0.25) is 10.2 Å². The van der Waals surface area contributed by atoms with Crippen molar-refractivity contribution in [1.82, 2.24) is 5.43 Å². The maximum atomic E-state index is 10.9. The molecule has 5 heteroatoms. The highest BCUT2D eigenvalue weighted by atomic mass is 16.3. The second-order valence-electron chi connectivity index (χ2n) is 3.40. The molecule has 0 aliphatic rings. The smallest absolute Gasteiger partial charge is 0.239 e. The number of carbonyl (C=O) groups excluding carboxylic acids is 1. The summed E-state index contributed by atoms with van der Waals surface area (Å²) in [5, 5.41) is 18.7. The second-order valence-corrected chi connectivity index (χ2v) is 3.40. The van der Waals surface area contributed by atoms with Gasteiger partial charge in [-0.15, -0.1) is 0 Å². The van der Waals surface area contributed by atoms with Gasteiger partial charge in [0, 0.05) is 0 Å². The van der Waals surface area contributed by atoms with Crippen molar-refractivity contribution < 1.29 is 15.0 Å². The molecule has 0 fully saturated rings. The summed E-state index contributed by atoms with van der Waals surface area (Å²) in [4.78, 5) is 10.9. The molecule has 5 nitrogen and oxygen atoms in total. The molecule has 12 heavy (non-hydrogen) atoms. The molecule has 0 radical (unpaired) electrons. The number of nitrogens with two attached hydrogens (primary N) is 1. The molecule has 0 saturated heterocycles. The number of carbonyl (C=O) groups is 1. The van der Waals surface area contributed by atoms with Crippen LogP contribution in [0.5, 0.6) is 0 Å². The van der Waals surface area contributed by atoms with E-state index in [1.54, 1.807) is 0 Å². The zero-order chi connectivity index (χ0) is 9.94. The predicted molar refractivity (Wildman–Crippen MR) is 43.8 cm³/mol. The van der Waals surface area contributed by atoms with E-state index in [9.17, 15) is 15.0 Å². The maximum Gasteiger partial charge on any atom is 0.239 e. The van der Waals surface area contributed by atoms with E-state index >= 15 is 0 Å². The van der Waals surface area contributed by atoms with Gasteiger partial charge < -0.3 is 10.2 Å². The Morgan fingerprint density at radius 1 is 1.58 bits per heavy atom. The van der Waals surface area contributed by atoms with Crippen LogP contribution in [0.2, 0.25) is 0 Å². The van der Waals surface area contributed by atoms with Gasteiger partial charge in [-0.1, -0.05) is 6.92 Å². The third-order valence-electron chi connectivity index (χ3n) is 1.75. The highest BCUT2D eigenvalue weighted by molar-refractivity contribution is 5.78. The normalized spacial score (nSPS) is 16.8. The zero-order valence-electron chi connectivity index (χ0n) is 7.53. The van der Waals surface area contributed by atoms with Gasteiger partial charge in [0.05, 0.1) is 17.6 Å². The van der Waals surface area contributed by atoms with Crippen molar-refractivity contribution in [3.63, 3.8) is 0 Å². The number of nitrogens with one attached hydrogen (secondary N) is 1. The number of rotatable bonds is 3. The summed E-state index contributed by atoms with van der Waals surface area (Å²) in [5.74, 6) is 3.64. The number of hydrogen-bond donors (Lipinski definition) is 4. The lowest BCUT2D eigenvalue weighted by molar-refractivity contribution is -0.136. The third kappa shape index (κ3) is 2.77. The van der Waals surface area contributed by atoms with Crippen molar-refractivity contribution in [2.24, 2.45) is 11.8 Å². The van der Waals surface area contributed by atoms with Gasteiger partial charge in [0.25, 0.3) is 0 Å². The average molecular weight is 176 g/mol. The molecule has 0 aliphatic heterocycles. The molecule has 2 atom stereocenters. The predicted octanol–water partition coefficient (Wildman–Crippen LogP) is -1.26. The Labute approximate surface area is 71.5 Å². The van der Waals surface area contributed by atoms with Crippen LogP contribution in [0.1, 0.15) is 20.8 Å². The van der Waals surface area contributed by atoms with Crippen LogP contribution in [-0.4, -0.2) is 27.8 Å². The van der Waals surface area contributed by atoms with E-state index in [2.05, 4.69) is 0 Å². The molecule has 0 unspecified atom stereocenters. The van der Waals surface area contributed by atoms with Crippen molar-refractivity contribution in [3.8, 4) is 0 Å². The summed E-state index contributed by atoms with van der Waals surface area (Å²) in [6.07, 6.45) is -1.12. The molecule has 0 bridgehead atoms. The third-order valence-corrected chi connectivity index (χ3v) is 1.75. The van der Waals surface area contributed by atoms with Gasteiger partial charge in [0.1, 0.15) is 0 Å². The maximum absolute atomic E-state index is 10.9. The average Bonchev–Trinajstić information content (AvgIpc) is 1.98. The molecule has 72 valence electrons. The number of amides is 1. The number of aliphatic hydroxyl groups is 2. The highest BCUT2D eigenvalue weighted by Crippen LogP contribution is 2.16. The van der Waals surface area contributed by atoms with Crippen LogP contribution < -0.4 is 11.3 Å². The minimum absolute atomic E-state index is 0.496. The zero-order valence-corrected chi connectivity index (χ0v) is 7.53. The Kier molecular flexibility index (Phi) is 3.63. The SMILES string of the molecule is C[C@H](C(=O)NN)[C@@H](O)C(C)(C)O.